The van der Waals surface area contributed by atoms with Gasteiger partial charge in [0.2, 0.25) is 10.0 Å². The van der Waals surface area contributed by atoms with Crippen molar-refractivity contribution in [2.45, 2.75) is 18.2 Å². The monoisotopic (exact) mass is 322 g/mol. The molecule has 20 heavy (non-hydrogen) atoms. The van der Waals surface area contributed by atoms with Crippen LogP contribution in [0.15, 0.2) is 23.1 Å². The summed E-state index contributed by atoms with van der Waals surface area (Å²) in [5.41, 5.74) is -0.441. The molecule has 0 aromatic heterocycles. The maximum absolute atomic E-state index is 11.9. The van der Waals surface area contributed by atoms with Crippen LogP contribution in [0, 0.1) is 10.1 Å². The van der Waals surface area contributed by atoms with Gasteiger partial charge < -0.3 is 4.74 Å². The van der Waals surface area contributed by atoms with Crippen molar-refractivity contribution in [2.24, 2.45) is 0 Å². The number of hydrogen-bond acceptors (Lipinski definition) is 5. The predicted octanol–water partition coefficient (Wildman–Crippen LogP) is 1.95. The molecule has 0 unspecified atom stereocenters. The fourth-order valence-electron chi connectivity index (χ4n) is 1.41. The Morgan fingerprint density at radius 1 is 1.45 bits per heavy atom. The number of nitrogens with zero attached hydrogens (tertiary/aromatic N) is 1. The van der Waals surface area contributed by atoms with E-state index in [0.29, 0.717) is 19.6 Å². The van der Waals surface area contributed by atoms with Crippen LogP contribution in [-0.4, -0.2) is 33.1 Å². The van der Waals surface area contributed by atoms with E-state index >= 15 is 0 Å². The zero-order valence-corrected chi connectivity index (χ0v) is 12.4. The predicted molar refractivity (Wildman–Crippen MR) is 74.4 cm³/mol. The third-order valence-corrected chi connectivity index (χ3v) is 4.16. The van der Waals surface area contributed by atoms with Crippen LogP contribution in [0.2, 0.25) is 5.02 Å². The minimum absolute atomic E-state index is 0.106. The number of nitrogens with one attached hydrogen (secondary N) is 1. The Morgan fingerprint density at radius 2 is 2.15 bits per heavy atom. The Labute approximate surface area is 122 Å². The van der Waals surface area contributed by atoms with Gasteiger partial charge in [-0.05, 0) is 25.5 Å². The second kappa shape index (κ2) is 7.53. The van der Waals surface area contributed by atoms with Gasteiger partial charge in [0.25, 0.3) is 5.69 Å². The first kappa shape index (κ1) is 16.8. The molecule has 0 heterocycles. The second-order valence-electron chi connectivity index (χ2n) is 3.82. The zero-order chi connectivity index (χ0) is 15.2. The van der Waals surface area contributed by atoms with E-state index in [1.165, 1.54) is 12.1 Å². The van der Waals surface area contributed by atoms with Gasteiger partial charge in [0.05, 0.1) is 9.82 Å². The highest BCUT2D eigenvalue weighted by molar-refractivity contribution is 7.89. The van der Waals surface area contributed by atoms with Crippen LogP contribution in [0.5, 0.6) is 0 Å². The molecule has 7 nitrogen and oxygen atoms in total. The van der Waals surface area contributed by atoms with E-state index in [-0.39, 0.29) is 16.5 Å². The molecule has 1 N–H and O–H groups in total. The summed E-state index contributed by atoms with van der Waals surface area (Å²) >= 11 is 5.63. The molecule has 0 fully saturated rings. The van der Waals surface area contributed by atoms with Crippen molar-refractivity contribution in [1.82, 2.24) is 4.72 Å². The molecule has 0 spiro atoms. The van der Waals surface area contributed by atoms with Crippen LogP contribution in [0.4, 0.5) is 5.69 Å². The van der Waals surface area contributed by atoms with Gasteiger partial charge in [0.1, 0.15) is 5.02 Å². The van der Waals surface area contributed by atoms with Gasteiger partial charge in [0, 0.05) is 25.8 Å². The van der Waals surface area contributed by atoms with Crippen molar-refractivity contribution < 1.29 is 18.1 Å². The summed E-state index contributed by atoms with van der Waals surface area (Å²) in [6.07, 6.45) is 0.517. The molecule has 112 valence electrons. The van der Waals surface area contributed by atoms with Crippen molar-refractivity contribution in [3.8, 4) is 0 Å². The molecule has 0 aliphatic carbocycles. The van der Waals surface area contributed by atoms with Crippen LogP contribution in [0.1, 0.15) is 13.3 Å². The van der Waals surface area contributed by atoms with E-state index in [1.54, 1.807) is 0 Å². The van der Waals surface area contributed by atoms with Gasteiger partial charge in [-0.25, -0.2) is 13.1 Å². The fourth-order valence-corrected chi connectivity index (χ4v) is 2.69. The molecule has 9 heteroatoms. The van der Waals surface area contributed by atoms with Crippen molar-refractivity contribution in [3.63, 3.8) is 0 Å². The van der Waals surface area contributed by atoms with E-state index in [9.17, 15) is 18.5 Å². The first-order valence-electron chi connectivity index (χ1n) is 5.90. The van der Waals surface area contributed by atoms with Crippen LogP contribution in [-0.2, 0) is 14.8 Å². The molecular formula is C11H15ClN2O5S. The minimum atomic E-state index is -3.79. The molecule has 1 aromatic carbocycles. The Morgan fingerprint density at radius 3 is 2.75 bits per heavy atom. The van der Waals surface area contributed by atoms with Gasteiger partial charge in [-0.3, -0.25) is 10.1 Å². The van der Waals surface area contributed by atoms with E-state index < -0.39 is 20.6 Å². The number of nitro groups is 1. The Balaban J connectivity index is 2.77. The number of rotatable bonds is 8. The first-order chi connectivity index (χ1) is 9.38. The normalized spacial score (nSPS) is 11.5. The SMILES string of the molecule is CCOCCCNS(=O)(=O)c1ccc(Cl)c([N+](=O)[O-])c1. The minimum Gasteiger partial charge on any atom is -0.382 e. The summed E-state index contributed by atoms with van der Waals surface area (Å²) in [6.45, 7) is 3.05. The first-order valence-corrected chi connectivity index (χ1v) is 7.76. The molecule has 1 rings (SSSR count). The van der Waals surface area contributed by atoms with Gasteiger partial charge in [-0.1, -0.05) is 11.6 Å². The standard InChI is InChI=1S/C11H15ClN2O5S/c1-2-19-7-3-6-13-20(17,18)9-4-5-10(12)11(8-9)14(15)16/h4-5,8,13H,2-3,6-7H2,1H3. The van der Waals surface area contributed by atoms with Gasteiger partial charge in [-0.2, -0.15) is 0 Å². The summed E-state index contributed by atoms with van der Waals surface area (Å²) < 4.78 is 31.3. The lowest BCUT2D eigenvalue weighted by Gasteiger charge is -2.07. The Bertz CT molecular complexity index is 576. The van der Waals surface area contributed by atoms with Crippen LogP contribution in [0.25, 0.3) is 0 Å². The number of sulfonamides is 1. The lowest BCUT2D eigenvalue weighted by molar-refractivity contribution is -0.384. The van der Waals surface area contributed by atoms with Crippen molar-refractivity contribution in [2.75, 3.05) is 19.8 Å². The Hall–Kier alpha value is -1.22. The maximum Gasteiger partial charge on any atom is 0.289 e. The van der Waals surface area contributed by atoms with E-state index in [4.69, 9.17) is 16.3 Å². The lowest BCUT2D eigenvalue weighted by atomic mass is 10.3. The average molecular weight is 323 g/mol. The highest BCUT2D eigenvalue weighted by Crippen LogP contribution is 2.26. The van der Waals surface area contributed by atoms with Gasteiger partial charge in [-0.15, -0.1) is 0 Å². The smallest absolute Gasteiger partial charge is 0.289 e. The summed E-state index contributed by atoms with van der Waals surface area (Å²) in [5, 5.41) is 10.6. The van der Waals surface area contributed by atoms with E-state index in [0.717, 1.165) is 6.07 Å². The molecule has 0 amide bonds. The molecule has 0 saturated carbocycles. The summed E-state index contributed by atoms with van der Waals surface area (Å²) in [7, 11) is -3.79. The number of ether oxygens (including phenoxy) is 1. The van der Waals surface area contributed by atoms with Crippen LogP contribution >= 0.6 is 11.6 Å². The average Bonchev–Trinajstić information content (AvgIpc) is 2.38. The largest absolute Gasteiger partial charge is 0.382 e. The molecular weight excluding hydrogens is 308 g/mol. The summed E-state index contributed by atoms with van der Waals surface area (Å²) in [5.74, 6) is 0. The summed E-state index contributed by atoms with van der Waals surface area (Å²) in [6, 6.07) is 3.35. The number of benzene rings is 1. The quantitative estimate of drug-likeness (QED) is 0.448. The maximum atomic E-state index is 11.9. The number of nitro benzene ring substituents is 1. The molecule has 0 aliphatic rings. The van der Waals surface area contributed by atoms with Crippen molar-refractivity contribution >= 4 is 27.3 Å². The molecule has 0 radical (unpaired) electrons. The molecule has 0 bridgehead atoms. The summed E-state index contributed by atoms with van der Waals surface area (Å²) in [4.78, 5) is 9.81. The Kier molecular flexibility index (Phi) is 6.34. The zero-order valence-electron chi connectivity index (χ0n) is 10.8. The number of hydrogen-bond donors (Lipinski definition) is 1. The van der Waals surface area contributed by atoms with Gasteiger partial charge in [0.15, 0.2) is 0 Å². The van der Waals surface area contributed by atoms with E-state index in [2.05, 4.69) is 4.72 Å². The highest BCUT2D eigenvalue weighted by Gasteiger charge is 2.20. The molecule has 0 saturated heterocycles. The highest BCUT2D eigenvalue weighted by atomic mass is 35.5. The number of halogens is 1. The van der Waals surface area contributed by atoms with Crippen molar-refractivity contribution in [1.29, 1.82) is 0 Å². The second-order valence-corrected chi connectivity index (χ2v) is 5.99. The van der Waals surface area contributed by atoms with Gasteiger partial charge >= 0.3 is 0 Å². The molecule has 0 aliphatic heterocycles. The van der Waals surface area contributed by atoms with Crippen LogP contribution < -0.4 is 4.72 Å². The molecule has 1 aromatic rings. The van der Waals surface area contributed by atoms with E-state index in [1.807, 2.05) is 6.92 Å². The molecule has 0 atom stereocenters. The third-order valence-electron chi connectivity index (χ3n) is 2.39. The fraction of sp³-hybridized carbons (Fsp3) is 0.455. The third kappa shape index (κ3) is 4.71. The van der Waals surface area contributed by atoms with Crippen molar-refractivity contribution in [3.05, 3.63) is 33.3 Å². The topological polar surface area (TPSA) is 98.5 Å². The lowest BCUT2D eigenvalue weighted by Crippen LogP contribution is -2.25. The van der Waals surface area contributed by atoms with Crippen LogP contribution in [0.3, 0.4) is 0 Å².